The Labute approximate surface area is 220 Å². The van der Waals surface area contributed by atoms with E-state index < -0.39 is 22.9 Å². The highest BCUT2D eigenvalue weighted by Crippen LogP contribution is 2.57. The number of anilines is 1. The maximum absolute atomic E-state index is 14.3. The van der Waals surface area contributed by atoms with Gasteiger partial charge in [0.15, 0.2) is 0 Å². The average molecular weight is 539 g/mol. The number of methoxy groups -OCH3 is 1. The number of hydrogen-bond acceptors (Lipinski definition) is 7. The third-order valence-electron chi connectivity index (χ3n) is 9.92. The standard InChI is InChI=1S/C27H37F3N4O4/c1-37-22-16-38-10-5-21(22)32-17-3-8-25(13-17,26(36)6-2-7-26)24(35)34-15-19-11-20(34)14-33(19)18-4-9-31-23(12-18)27(28,29)30/h4,9,12,17,19-22,32,36H,2-3,5-8,10-11,13-16H2,1H3. The summed E-state index contributed by atoms with van der Waals surface area (Å²) in [6.45, 7) is 2.18. The van der Waals surface area contributed by atoms with E-state index in [9.17, 15) is 23.1 Å². The van der Waals surface area contributed by atoms with Crippen molar-refractivity contribution in [2.75, 3.05) is 38.3 Å². The molecule has 5 aliphatic rings. The molecule has 2 aliphatic carbocycles. The van der Waals surface area contributed by atoms with Crippen LogP contribution in [0.5, 0.6) is 0 Å². The Morgan fingerprint density at radius 3 is 2.71 bits per heavy atom. The molecule has 0 spiro atoms. The van der Waals surface area contributed by atoms with Crippen LogP contribution in [0.2, 0.25) is 0 Å². The van der Waals surface area contributed by atoms with E-state index in [2.05, 4.69) is 10.3 Å². The van der Waals surface area contributed by atoms with Gasteiger partial charge in [-0.2, -0.15) is 13.2 Å². The number of nitrogens with one attached hydrogen (secondary N) is 1. The summed E-state index contributed by atoms with van der Waals surface area (Å²) < 4.78 is 50.8. The number of ether oxygens (including phenoxy) is 2. The molecule has 0 aromatic carbocycles. The lowest BCUT2D eigenvalue weighted by Crippen LogP contribution is -2.63. The van der Waals surface area contributed by atoms with Crippen LogP contribution in [0.1, 0.15) is 57.1 Å². The number of rotatable bonds is 6. The highest BCUT2D eigenvalue weighted by atomic mass is 19.4. The van der Waals surface area contributed by atoms with Gasteiger partial charge >= 0.3 is 6.18 Å². The van der Waals surface area contributed by atoms with E-state index in [4.69, 9.17) is 9.47 Å². The molecule has 6 rings (SSSR count). The molecule has 8 nitrogen and oxygen atoms in total. The Hall–Kier alpha value is -1.95. The van der Waals surface area contributed by atoms with Gasteiger partial charge in [0, 0.05) is 56.8 Å². The summed E-state index contributed by atoms with van der Waals surface area (Å²) in [7, 11) is 1.69. The second-order valence-corrected chi connectivity index (χ2v) is 11.9. The number of alkyl halides is 3. The second kappa shape index (κ2) is 9.60. The highest BCUT2D eigenvalue weighted by Gasteiger charge is 2.64. The third-order valence-corrected chi connectivity index (χ3v) is 9.92. The van der Waals surface area contributed by atoms with Gasteiger partial charge < -0.3 is 29.7 Å². The Balaban J connectivity index is 1.17. The third kappa shape index (κ3) is 4.30. The molecule has 2 saturated carbocycles. The zero-order valence-corrected chi connectivity index (χ0v) is 21.8. The predicted octanol–water partition coefficient (Wildman–Crippen LogP) is 2.74. The fraction of sp³-hybridized carbons (Fsp3) is 0.778. The minimum absolute atomic E-state index is 0.0251. The molecule has 11 heteroatoms. The predicted molar refractivity (Wildman–Crippen MR) is 133 cm³/mol. The van der Waals surface area contributed by atoms with Gasteiger partial charge in [0.1, 0.15) is 5.69 Å². The van der Waals surface area contributed by atoms with Crippen LogP contribution in [0.3, 0.4) is 0 Å². The van der Waals surface area contributed by atoms with Crippen molar-refractivity contribution in [2.24, 2.45) is 5.41 Å². The molecule has 1 aromatic heterocycles. The molecule has 38 heavy (non-hydrogen) atoms. The van der Waals surface area contributed by atoms with Gasteiger partial charge in [-0.25, -0.2) is 0 Å². The number of carbonyl (C=O) groups is 1. The number of amides is 1. The molecule has 3 aliphatic heterocycles. The summed E-state index contributed by atoms with van der Waals surface area (Å²) in [5, 5.41) is 15.4. The monoisotopic (exact) mass is 538 g/mol. The first-order valence-corrected chi connectivity index (χ1v) is 13.8. The quantitative estimate of drug-likeness (QED) is 0.576. The van der Waals surface area contributed by atoms with Crippen LogP contribution in [0.15, 0.2) is 18.3 Å². The summed E-state index contributed by atoms with van der Waals surface area (Å²) in [5.74, 6) is 0.0251. The van der Waals surface area contributed by atoms with Gasteiger partial charge in [-0.15, -0.1) is 0 Å². The van der Waals surface area contributed by atoms with Gasteiger partial charge in [-0.1, -0.05) is 0 Å². The Morgan fingerprint density at radius 1 is 1.24 bits per heavy atom. The average Bonchev–Trinajstić information content (AvgIpc) is 3.62. The molecule has 6 atom stereocenters. The topological polar surface area (TPSA) is 87.2 Å². The molecule has 2 bridgehead atoms. The van der Waals surface area contributed by atoms with Crippen molar-refractivity contribution in [1.29, 1.82) is 0 Å². The SMILES string of the molecule is COC1COCCC1NC1CCC(C(=O)N2CC3CC2CN3c2ccnc(C(F)(F)F)c2)(C2(O)CCC2)C1. The molecular formula is C27H37F3N4O4. The minimum atomic E-state index is -4.50. The van der Waals surface area contributed by atoms with E-state index in [1.807, 2.05) is 9.80 Å². The van der Waals surface area contributed by atoms with Crippen molar-refractivity contribution in [3.63, 3.8) is 0 Å². The number of fused-ring (bicyclic) bond motifs is 2. The van der Waals surface area contributed by atoms with Gasteiger partial charge in [-0.3, -0.25) is 9.78 Å². The molecule has 6 unspecified atom stereocenters. The fourth-order valence-corrected chi connectivity index (χ4v) is 7.69. The summed E-state index contributed by atoms with van der Waals surface area (Å²) in [5.41, 5.74) is -2.23. The number of pyridine rings is 1. The normalized spacial score (nSPS) is 36.5. The van der Waals surface area contributed by atoms with Gasteiger partial charge in [-0.05, 0) is 63.5 Å². The molecule has 2 N–H and O–H groups in total. The molecule has 0 radical (unpaired) electrons. The lowest BCUT2D eigenvalue weighted by molar-refractivity contribution is -0.178. The van der Waals surface area contributed by atoms with E-state index >= 15 is 0 Å². The minimum Gasteiger partial charge on any atom is -0.389 e. The zero-order valence-electron chi connectivity index (χ0n) is 21.8. The largest absolute Gasteiger partial charge is 0.433 e. The van der Waals surface area contributed by atoms with Crippen molar-refractivity contribution in [3.05, 3.63) is 24.0 Å². The van der Waals surface area contributed by atoms with Gasteiger partial charge in [0.25, 0.3) is 0 Å². The maximum atomic E-state index is 14.3. The van der Waals surface area contributed by atoms with Gasteiger partial charge in [0.2, 0.25) is 5.91 Å². The molecule has 1 amide bonds. The molecule has 5 fully saturated rings. The first-order valence-electron chi connectivity index (χ1n) is 13.8. The summed E-state index contributed by atoms with van der Waals surface area (Å²) in [6, 6.07) is 2.86. The van der Waals surface area contributed by atoms with Crippen LogP contribution >= 0.6 is 0 Å². The van der Waals surface area contributed by atoms with Crippen molar-refractivity contribution in [2.45, 2.75) is 93.4 Å². The van der Waals surface area contributed by atoms with E-state index in [0.717, 1.165) is 31.7 Å². The highest BCUT2D eigenvalue weighted by molar-refractivity contribution is 5.86. The molecule has 1 aromatic rings. The molecular weight excluding hydrogens is 501 g/mol. The number of halogens is 3. The van der Waals surface area contributed by atoms with Gasteiger partial charge in [0.05, 0.1) is 29.8 Å². The van der Waals surface area contributed by atoms with Crippen LogP contribution < -0.4 is 10.2 Å². The molecule has 3 saturated heterocycles. The lowest BCUT2D eigenvalue weighted by atomic mass is 9.59. The summed E-state index contributed by atoms with van der Waals surface area (Å²) >= 11 is 0. The Kier molecular flexibility index (Phi) is 6.64. The first kappa shape index (κ1) is 26.3. The number of likely N-dealkylation sites (tertiary alicyclic amines) is 1. The van der Waals surface area contributed by atoms with Crippen LogP contribution in [-0.2, 0) is 20.4 Å². The van der Waals surface area contributed by atoms with Crippen LogP contribution in [0, 0.1) is 5.41 Å². The number of aliphatic hydroxyl groups is 1. The van der Waals surface area contributed by atoms with Crippen molar-refractivity contribution < 1.29 is 32.5 Å². The number of carbonyl (C=O) groups excluding carboxylic acids is 1. The van der Waals surface area contributed by atoms with Crippen LogP contribution in [-0.4, -0.2) is 90.2 Å². The number of nitrogens with zero attached hydrogens (tertiary/aromatic N) is 3. The summed E-state index contributed by atoms with van der Waals surface area (Å²) in [6.07, 6.45) is 2.46. The maximum Gasteiger partial charge on any atom is 0.433 e. The smallest absolute Gasteiger partial charge is 0.389 e. The Morgan fingerprint density at radius 2 is 2.05 bits per heavy atom. The molecule has 4 heterocycles. The Bertz CT molecular complexity index is 1050. The van der Waals surface area contributed by atoms with Crippen molar-refractivity contribution >= 4 is 11.6 Å². The summed E-state index contributed by atoms with van der Waals surface area (Å²) in [4.78, 5) is 21.7. The zero-order chi connectivity index (χ0) is 26.7. The lowest BCUT2D eigenvalue weighted by Gasteiger charge is -2.52. The van der Waals surface area contributed by atoms with Crippen molar-refractivity contribution in [3.8, 4) is 0 Å². The second-order valence-electron chi connectivity index (χ2n) is 11.9. The first-order chi connectivity index (χ1) is 18.1. The number of aromatic nitrogens is 1. The van der Waals surface area contributed by atoms with E-state index in [1.165, 1.54) is 6.20 Å². The van der Waals surface area contributed by atoms with E-state index in [0.29, 0.717) is 57.7 Å². The fourth-order valence-electron chi connectivity index (χ4n) is 7.69. The number of hydrogen-bond donors (Lipinski definition) is 2. The number of piperazine rings is 1. The van der Waals surface area contributed by atoms with E-state index in [1.54, 1.807) is 13.2 Å². The van der Waals surface area contributed by atoms with Crippen LogP contribution in [0.4, 0.5) is 18.9 Å². The molecule has 210 valence electrons. The van der Waals surface area contributed by atoms with Crippen molar-refractivity contribution in [1.82, 2.24) is 15.2 Å². The van der Waals surface area contributed by atoms with Crippen LogP contribution in [0.25, 0.3) is 0 Å². The van der Waals surface area contributed by atoms with E-state index in [-0.39, 0.29) is 36.2 Å².